The summed E-state index contributed by atoms with van der Waals surface area (Å²) in [5.74, 6) is 0.840. The average Bonchev–Trinajstić information content (AvgIpc) is 3.82. The van der Waals surface area contributed by atoms with E-state index < -0.39 is 0 Å². The van der Waals surface area contributed by atoms with Crippen LogP contribution in [0.3, 0.4) is 0 Å². The van der Waals surface area contributed by atoms with Gasteiger partial charge in [0.05, 0.1) is 29.6 Å². The van der Waals surface area contributed by atoms with E-state index in [0.29, 0.717) is 12.1 Å². The van der Waals surface area contributed by atoms with E-state index in [1.807, 2.05) is 35.4 Å². The molecule has 44 heavy (non-hydrogen) atoms. The fourth-order valence-electron chi connectivity index (χ4n) is 5.60. The minimum atomic E-state index is 0.487. The van der Waals surface area contributed by atoms with Gasteiger partial charge in [0.1, 0.15) is 6.73 Å². The standard InChI is InChI=1S/C38H49N5O/c1-38(2,3)23-11-9-7-5-4-6-8-10-12-25-44-29-43-27-36(41-28-43)33-21-17-31(18-22-33)30-15-19-32(20-16-30)35-26-40-37(42-35)34-14-13-24-39-34/h13-22,24,26-28,39H,4-12,23,25,29H2,1-3H3,(H,40,42). The summed E-state index contributed by atoms with van der Waals surface area (Å²) in [5, 5.41) is 0. The number of hydrogen-bond donors (Lipinski definition) is 2. The van der Waals surface area contributed by atoms with Gasteiger partial charge in [-0.05, 0) is 47.1 Å². The summed E-state index contributed by atoms with van der Waals surface area (Å²) in [7, 11) is 0. The number of ether oxygens (including phenoxy) is 1. The molecular formula is C38H49N5O. The van der Waals surface area contributed by atoms with Crippen LogP contribution in [0.1, 0.15) is 85.0 Å². The fourth-order valence-corrected chi connectivity index (χ4v) is 5.60. The Balaban J connectivity index is 0.983. The largest absolute Gasteiger partial charge is 0.361 e. The number of imidazole rings is 2. The van der Waals surface area contributed by atoms with Crippen molar-refractivity contribution in [2.24, 2.45) is 5.41 Å². The summed E-state index contributed by atoms with van der Waals surface area (Å²) in [6, 6.07) is 21.2. The molecule has 0 aliphatic rings. The molecule has 6 nitrogen and oxygen atoms in total. The number of H-pyrrole nitrogens is 2. The van der Waals surface area contributed by atoms with Gasteiger partial charge in [0.15, 0.2) is 5.82 Å². The molecule has 0 aliphatic heterocycles. The molecule has 0 radical (unpaired) electrons. The smallest absolute Gasteiger partial charge is 0.154 e. The molecular weight excluding hydrogens is 542 g/mol. The van der Waals surface area contributed by atoms with Crippen molar-refractivity contribution in [3.8, 4) is 45.2 Å². The zero-order chi connectivity index (χ0) is 30.6. The molecule has 3 heterocycles. The topological polar surface area (TPSA) is 71.5 Å². The van der Waals surface area contributed by atoms with Gasteiger partial charge in [-0.1, -0.05) is 121 Å². The zero-order valence-electron chi connectivity index (χ0n) is 26.8. The van der Waals surface area contributed by atoms with Gasteiger partial charge in [0.25, 0.3) is 0 Å². The number of benzene rings is 2. The first-order valence-electron chi connectivity index (χ1n) is 16.4. The lowest BCUT2D eigenvalue weighted by molar-refractivity contribution is 0.0738. The number of unbranched alkanes of at least 4 members (excludes halogenated alkanes) is 8. The fraction of sp³-hybridized carbons (Fsp3) is 0.421. The van der Waals surface area contributed by atoms with E-state index in [2.05, 4.69) is 95.4 Å². The highest BCUT2D eigenvalue weighted by Gasteiger charge is 2.09. The first-order valence-corrected chi connectivity index (χ1v) is 16.4. The van der Waals surface area contributed by atoms with Crippen molar-refractivity contribution in [2.45, 2.75) is 91.7 Å². The van der Waals surface area contributed by atoms with Gasteiger partial charge in [0.2, 0.25) is 0 Å². The quantitative estimate of drug-likeness (QED) is 0.106. The van der Waals surface area contributed by atoms with Crippen molar-refractivity contribution >= 4 is 0 Å². The predicted molar refractivity (Wildman–Crippen MR) is 182 cm³/mol. The minimum absolute atomic E-state index is 0.487. The van der Waals surface area contributed by atoms with Gasteiger partial charge >= 0.3 is 0 Å². The average molecular weight is 592 g/mol. The van der Waals surface area contributed by atoms with Crippen LogP contribution in [0.5, 0.6) is 0 Å². The van der Waals surface area contributed by atoms with Gasteiger partial charge in [-0.25, -0.2) is 9.97 Å². The van der Waals surface area contributed by atoms with E-state index in [-0.39, 0.29) is 0 Å². The second-order valence-electron chi connectivity index (χ2n) is 13.2. The molecule has 0 unspecified atom stereocenters. The van der Waals surface area contributed by atoms with Gasteiger partial charge in [-0.15, -0.1) is 0 Å². The third-order valence-corrected chi connectivity index (χ3v) is 8.23. The molecule has 2 N–H and O–H groups in total. The molecule has 0 spiro atoms. The second kappa shape index (κ2) is 15.7. The van der Waals surface area contributed by atoms with E-state index >= 15 is 0 Å². The van der Waals surface area contributed by atoms with Crippen molar-refractivity contribution < 1.29 is 4.74 Å². The van der Waals surface area contributed by atoms with Crippen LogP contribution in [0.4, 0.5) is 0 Å². The molecule has 0 bridgehead atoms. The van der Waals surface area contributed by atoms with Gasteiger partial charge in [-0.2, -0.15) is 0 Å². The Morgan fingerprint density at radius 1 is 0.682 bits per heavy atom. The highest BCUT2D eigenvalue weighted by Crippen LogP contribution is 2.28. The van der Waals surface area contributed by atoms with Crippen molar-refractivity contribution in [3.63, 3.8) is 0 Å². The molecule has 5 rings (SSSR count). The zero-order valence-corrected chi connectivity index (χ0v) is 26.8. The first kappa shape index (κ1) is 31.5. The van der Waals surface area contributed by atoms with Gasteiger partial charge in [0, 0.05) is 24.6 Å². The summed E-state index contributed by atoms with van der Waals surface area (Å²) >= 11 is 0. The number of aromatic nitrogens is 5. The molecule has 0 atom stereocenters. The Morgan fingerprint density at radius 2 is 1.30 bits per heavy atom. The third-order valence-electron chi connectivity index (χ3n) is 8.23. The van der Waals surface area contributed by atoms with Crippen LogP contribution in [-0.4, -0.2) is 31.1 Å². The lowest BCUT2D eigenvalue weighted by atomic mass is 9.89. The van der Waals surface area contributed by atoms with Crippen molar-refractivity contribution in [1.82, 2.24) is 24.5 Å². The third kappa shape index (κ3) is 9.55. The number of hydrogen-bond acceptors (Lipinski definition) is 3. The summed E-state index contributed by atoms with van der Waals surface area (Å²) in [6.07, 6.45) is 21.1. The highest BCUT2D eigenvalue weighted by atomic mass is 16.5. The van der Waals surface area contributed by atoms with Crippen LogP contribution in [-0.2, 0) is 11.5 Å². The molecule has 0 saturated heterocycles. The molecule has 232 valence electrons. The van der Waals surface area contributed by atoms with Crippen LogP contribution in [0.2, 0.25) is 0 Å². The van der Waals surface area contributed by atoms with E-state index in [1.54, 1.807) is 0 Å². The Hall–Kier alpha value is -3.90. The second-order valence-corrected chi connectivity index (χ2v) is 13.2. The van der Waals surface area contributed by atoms with Crippen LogP contribution < -0.4 is 0 Å². The maximum absolute atomic E-state index is 5.92. The Kier molecular flexibility index (Phi) is 11.3. The summed E-state index contributed by atoms with van der Waals surface area (Å²) in [5.41, 5.74) is 8.00. The van der Waals surface area contributed by atoms with Crippen LogP contribution in [0.15, 0.2) is 85.6 Å². The van der Waals surface area contributed by atoms with E-state index in [4.69, 9.17) is 4.74 Å². The molecule has 5 aromatic rings. The van der Waals surface area contributed by atoms with Crippen LogP contribution >= 0.6 is 0 Å². The maximum Gasteiger partial charge on any atom is 0.154 e. The van der Waals surface area contributed by atoms with Crippen LogP contribution in [0, 0.1) is 5.41 Å². The molecule has 3 aromatic heterocycles. The predicted octanol–water partition coefficient (Wildman–Crippen LogP) is 10.5. The van der Waals surface area contributed by atoms with E-state index in [0.717, 1.165) is 47.1 Å². The van der Waals surface area contributed by atoms with Crippen molar-refractivity contribution in [2.75, 3.05) is 6.61 Å². The lowest BCUT2D eigenvalue weighted by Crippen LogP contribution is -2.03. The van der Waals surface area contributed by atoms with E-state index in [9.17, 15) is 0 Å². The minimum Gasteiger partial charge on any atom is -0.361 e. The molecule has 0 fully saturated rings. The molecule has 6 heteroatoms. The Labute approximate surface area is 263 Å². The molecule has 0 aliphatic carbocycles. The number of nitrogens with one attached hydrogen (secondary N) is 2. The van der Waals surface area contributed by atoms with Crippen molar-refractivity contribution in [3.05, 3.63) is 85.6 Å². The monoisotopic (exact) mass is 591 g/mol. The maximum atomic E-state index is 5.92. The molecule has 0 amide bonds. The summed E-state index contributed by atoms with van der Waals surface area (Å²) in [6.45, 7) is 8.38. The normalized spacial score (nSPS) is 11.8. The number of rotatable bonds is 17. The molecule has 0 saturated carbocycles. The van der Waals surface area contributed by atoms with Gasteiger partial charge in [-0.3, -0.25) is 0 Å². The first-order chi connectivity index (χ1) is 21.4. The number of nitrogens with zero attached hydrogens (tertiary/aromatic N) is 3. The summed E-state index contributed by atoms with van der Waals surface area (Å²) < 4.78 is 7.95. The van der Waals surface area contributed by atoms with Gasteiger partial charge < -0.3 is 19.3 Å². The lowest BCUT2D eigenvalue weighted by Gasteiger charge is -2.17. The Morgan fingerprint density at radius 3 is 1.93 bits per heavy atom. The number of aromatic amines is 2. The SMILES string of the molecule is CC(C)(C)CCCCCCCCCCCOCn1cnc(-c2ccc(-c3ccc(-c4cnc(-c5ccc[nH]5)[nH]4)cc3)cc2)c1. The summed E-state index contributed by atoms with van der Waals surface area (Å²) in [4.78, 5) is 15.7. The Bertz CT molecular complexity index is 1500. The highest BCUT2D eigenvalue weighted by molar-refractivity contribution is 5.72. The van der Waals surface area contributed by atoms with E-state index in [1.165, 1.54) is 68.9 Å². The molecule has 2 aromatic carbocycles. The van der Waals surface area contributed by atoms with Crippen LogP contribution in [0.25, 0.3) is 45.2 Å². The van der Waals surface area contributed by atoms with Crippen molar-refractivity contribution in [1.29, 1.82) is 0 Å².